The van der Waals surface area contributed by atoms with Gasteiger partial charge in [-0.2, -0.15) is 8.78 Å². The maximum absolute atomic E-state index is 14.1. The van der Waals surface area contributed by atoms with Crippen LogP contribution in [0.4, 0.5) is 23.2 Å². The molecule has 0 spiro atoms. The Morgan fingerprint density at radius 2 is 2.00 bits per heavy atom. The van der Waals surface area contributed by atoms with E-state index in [2.05, 4.69) is 4.99 Å². The molecule has 5 nitrogen and oxygen atoms in total. The quantitative estimate of drug-likeness (QED) is 0.792. The number of anilines is 1. The van der Waals surface area contributed by atoms with Crippen molar-refractivity contribution in [2.24, 2.45) is 10.7 Å². The Morgan fingerprint density at radius 1 is 1.40 bits per heavy atom. The fourth-order valence-electron chi connectivity index (χ4n) is 2.15. The maximum atomic E-state index is 14.1. The smallest absolute Gasteiger partial charge is 0.322 e. The summed E-state index contributed by atoms with van der Waals surface area (Å²) in [7, 11) is -1.51. The van der Waals surface area contributed by atoms with Gasteiger partial charge in [-0.1, -0.05) is 0 Å². The second-order valence-corrected chi connectivity index (χ2v) is 8.30. The van der Waals surface area contributed by atoms with Gasteiger partial charge in [-0.15, -0.1) is 0 Å². The molecule has 0 saturated heterocycles. The van der Waals surface area contributed by atoms with Gasteiger partial charge in [0.25, 0.3) is 5.91 Å². The predicted octanol–water partition coefficient (Wildman–Crippen LogP) is 2.50. The Morgan fingerprint density at radius 3 is 2.52 bits per heavy atom. The topological polar surface area (TPSA) is 84.5 Å². The number of hydrogen-bond donors (Lipinski definition) is 2. The summed E-state index contributed by atoms with van der Waals surface area (Å²) in [5, 5.41) is 1.82. The number of aliphatic imine (C=N–C) groups is 1. The van der Waals surface area contributed by atoms with Crippen LogP contribution in [-0.2, 0) is 15.6 Å². The van der Waals surface area contributed by atoms with E-state index in [4.69, 9.17) is 5.73 Å². The number of carbonyl (C=O) groups is 1. The predicted molar refractivity (Wildman–Crippen MR) is 87.1 cm³/mol. The number of carbonyl (C=O) groups excluding carboxylic acids is 1. The monoisotopic (exact) mass is 379 g/mol. The van der Waals surface area contributed by atoms with Gasteiger partial charge >= 0.3 is 5.92 Å². The molecule has 1 aromatic carbocycles. The minimum atomic E-state index is -3.69. The third-order valence-corrected chi connectivity index (χ3v) is 5.83. The Hall–Kier alpha value is -1.97. The summed E-state index contributed by atoms with van der Waals surface area (Å²) in [6.07, 6.45) is 0. The summed E-state index contributed by atoms with van der Waals surface area (Å²) in [5.41, 5.74) is 5.09. The number of halogens is 4. The molecule has 0 aliphatic carbocycles. The van der Waals surface area contributed by atoms with E-state index in [9.17, 15) is 26.6 Å². The van der Waals surface area contributed by atoms with Gasteiger partial charge in [0, 0.05) is 35.0 Å². The number of amidine groups is 1. The van der Waals surface area contributed by atoms with Crippen LogP contribution >= 0.6 is 0 Å². The van der Waals surface area contributed by atoms with Gasteiger partial charge in [-0.25, -0.2) is 8.78 Å². The molecule has 1 aromatic rings. The Bertz CT molecular complexity index is 775. The third-order valence-electron chi connectivity index (χ3n) is 3.86. The first-order valence-corrected chi connectivity index (χ1v) is 8.56. The molecule has 138 valence electrons. The van der Waals surface area contributed by atoms with Crippen molar-refractivity contribution >= 4 is 28.2 Å². The number of amides is 1. The zero-order valence-corrected chi connectivity index (χ0v) is 14.5. The van der Waals surface area contributed by atoms with Crippen LogP contribution in [0.5, 0.6) is 0 Å². The summed E-state index contributed by atoms with van der Waals surface area (Å²) >= 11 is 0. The summed E-state index contributed by atoms with van der Waals surface area (Å²) in [4.78, 5) is 15.4. The lowest BCUT2D eigenvalue weighted by molar-refractivity contribution is -0.137. The molecular weight excluding hydrogens is 362 g/mol. The van der Waals surface area contributed by atoms with E-state index in [0.717, 1.165) is 6.07 Å². The molecule has 0 radical (unpaired) electrons. The zero-order valence-electron chi connectivity index (χ0n) is 13.7. The SMILES string of the molecule is CC(F)(F)C(=O)Nc1cc(F)c(F)c(C2CS(=O)C(C)(C)C(N)=N2)c1. The van der Waals surface area contributed by atoms with Gasteiger partial charge in [0.05, 0.1) is 16.5 Å². The molecule has 0 bridgehead atoms. The molecule has 2 atom stereocenters. The highest BCUT2D eigenvalue weighted by molar-refractivity contribution is 7.87. The van der Waals surface area contributed by atoms with E-state index >= 15 is 0 Å². The van der Waals surface area contributed by atoms with Crippen molar-refractivity contribution < 1.29 is 26.6 Å². The second-order valence-electron chi connectivity index (χ2n) is 6.26. The van der Waals surface area contributed by atoms with Gasteiger partial charge in [-0.05, 0) is 19.9 Å². The van der Waals surface area contributed by atoms with Crippen LogP contribution < -0.4 is 11.1 Å². The number of alkyl halides is 2. The highest BCUT2D eigenvalue weighted by Gasteiger charge is 2.38. The van der Waals surface area contributed by atoms with E-state index in [1.54, 1.807) is 13.8 Å². The minimum absolute atomic E-state index is 0.0106. The number of nitrogens with one attached hydrogen (secondary N) is 1. The molecule has 2 rings (SSSR count). The summed E-state index contributed by atoms with van der Waals surface area (Å²) in [6.45, 7) is 3.59. The molecule has 1 aliphatic rings. The van der Waals surface area contributed by atoms with Gasteiger partial charge in [0.2, 0.25) is 0 Å². The van der Waals surface area contributed by atoms with Gasteiger partial charge in [0.15, 0.2) is 11.6 Å². The number of benzene rings is 1. The van der Waals surface area contributed by atoms with Crippen molar-refractivity contribution in [3.05, 3.63) is 29.3 Å². The van der Waals surface area contributed by atoms with Crippen LogP contribution in [0.25, 0.3) is 0 Å². The molecule has 25 heavy (non-hydrogen) atoms. The van der Waals surface area contributed by atoms with Crippen LogP contribution in [0.15, 0.2) is 17.1 Å². The lowest BCUT2D eigenvalue weighted by atomic mass is 10.1. The van der Waals surface area contributed by atoms with E-state index in [1.165, 1.54) is 0 Å². The number of rotatable bonds is 3. The van der Waals surface area contributed by atoms with Crippen molar-refractivity contribution in [3.63, 3.8) is 0 Å². The van der Waals surface area contributed by atoms with Crippen molar-refractivity contribution in [2.75, 3.05) is 11.1 Å². The summed E-state index contributed by atoms with van der Waals surface area (Å²) in [5.74, 6) is -8.08. The van der Waals surface area contributed by atoms with Gasteiger partial charge < -0.3 is 11.1 Å². The molecule has 2 unspecified atom stereocenters. The number of hydrogen-bond acceptors (Lipinski definition) is 4. The molecule has 1 heterocycles. The average Bonchev–Trinajstić information content (AvgIpc) is 2.47. The van der Waals surface area contributed by atoms with E-state index < -0.39 is 45.1 Å². The average molecular weight is 379 g/mol. The van der Waals surface area contributed by atoms with Crippen molar-refractivity contribution in [1.29, 1.82) is 0 Å². The normalized spacial score (nSPS) is 23.1. The standard InChI is InChI=1S/C15H17F4N3O2S/c1-14(2)12(20)22-10(6-25(14)24)8-4-7(5-9(16)11(8)17)21-13(23)15(3,18)19/h4-5,10H,6H2,1-3H3,(H2,20,22)(H,21,23). The first kappa shape index (κ1) is 19.4. The molecular formula is C15H17F4N3O2S. The fourth-order valence-corrected chi connectivity index (χ4v) is 3.40. The van der Waals surface area contributed by atoms with Crippen LogP contribution in [-0.4, -0.2) is 32.4 Å². The third kappa shape index (κ3) is 3.83. The second kappa shape index (κ2) is 6.40. The highest BCUT2D eigenvalue weighted by atomic mass is 32.2. The molecule has 0 saturated carbocycles. The van der Waals surface area contributed by atoms with Crippen LogP contribution in [0.3, 0.4) is 0 Å². The number of nitrogens with zero attached hydrogens (tertiary/aromatic N) is 1. The van der Waals surface area contributed by atoms with Crippen molar-refractivity contribution in [1.82, 2.24) is 0 Å². The molecule has 1 amide bonds. The molecule has 3 N–H and O–H groups in total. The zero-order chi connectivity index (χ0) is 19.2. The Balaban J connectivity index is 2.44. The van der Waals surface area contributed by atoms with Crippen LogP contribution in [0.2, 0.25) is 0 Å². The first-order valence-electron chi connectivity index (χ1n) is 7.24. The molecule has 10 heteroatoms. The van der Waals surface area contributed by atoms with Gasteiger partial charge in [-0.3, -0.25) is 14.0 Å². The first-order chi connectivity index (χ1) is 11.3. The van der Waals surface area contributed by atoms with E-state index in [1.807, 2.05) is 5.32 Å². The van der Waals surface area contributed by atoms with Crippen LogP contribution in [0, 0.1) is 11.6 Å². The minimum Gasteiger partial charge on any atom is -0.386 e. The lowest BCUT2D eigenvalue weighted by Gasteiger charge is -2.31. The maximum Gasteiger partial charge on any atom is 0.322 e. The molecule has 0 aromatic heterocycles. The van der Waals surface area contributed by atoms with Gasteiger partial charge in [0.1, 0.15) is 5.84 Å². The van der Waals surface area contributed by atoms with Crippen molar-refractivity contribution in [2.45, 2.75) is 37.5 Å². The Labute approximate surface area is 144 Å². The Kier molecular flexibility index (Phi) is 4.95. The van der Waals surface area contributed by atoms with E-state index in [0.29, 0.717) is 13.0 Å². The summed E-state index contributed by atoms with van der Waals surface area (Å²) in [6, 6.07) is 0.514. The van der Waals surface area contributed by atoms with Crippen LogP contribution in [0.1, 0.15) is 32.4 Å². The lowest BCUT2D eigenvalue weighted by Crippen LogP contribution is -2.47. The molecule has 0 fully saturated rings. The fraction of sp³-hybridized carbons (Fsp3) is 0.467. The van der Waals surface area contributed by atoms with E-state index in [-0.39, 0.29) is 22.8 Å². The van der Waals surface area contributed by atoms with Crippen molar-refractivity contribution in [3.8, 4) is 0 Å². The summed E-state index contributed by atoms with van der Waals surface area (Å²) < 4.78 is 65.2. The highest BCUT2D eigenvalue weighted by Crippen LogP contribution is 2.33. The largest absolute Gasteiger partial charge is 0.386 e. The number of nitrogens with two attached hydrogens (primary N) is 1. The molecule has 1 aliphatic heterocycles.